The van der Waals surface area contributed by atoms with Crippen molar-refractivity contribution < 1.29 is 0 Å². The van der Waals surface area contributed by atoms with Crippen LogP contribution in [0, 0.1) is 6.20 Å². The van der Waals surface area contributed by atoms with Gasteiger partial charge in [0.1, 0.15) is 11.2 Å². The van der Waals surface area contributed by atoms with Gasteiger partial charge in [0.05, 0.1) is 18.6 Å². The molecular weight excluding hydrogens is 386 g/mol. The first-order chi connectivity index (χ1) is 14.9. The average molecular weight is 411 g/mol. The highest BCUT2D eigenvalue weighted by molar-refractivity contribution is 7.09. The van der Waals surface area contributed by atoms with Crippen LogP contribution in [-0.4, -0.2) is 23.0 Å². The largest absolute Gasteiger partial charge is 0.361 e. The Labute approximate surface area is 182 Å². The number of aromatic nitrogens is 1. The van der Waals surface area contributed by atoms with E-state index in [1.807, 2.05) is 5.38 Å². The third-order valence-corrected chi connectivity index (χ3v) is 6.54. The smallest absolute Gasteiger partial charge is 0.107 e. The van der Waals surface area contributed by atoms with E-state index in [9.17, 15) is 0 Å². The molecule has 1 aliphatic rings. The number of thiazole rings is 1. The molecule has 149 valence electrons. The minimum absolute atomic E-state index is 0.289. The summed E-state index contributed by atoms with van der Waals surface area (Å²) in [5, 5.41) is 3.07. The summed E-state index contributed by atoms with van der Waals surface area (Å²) in [4.78, 5) is 9.60. The molecule has 2 atom stereocenters. The number of para-hydroxylation sites is 1. The first kappa shape index (κ1) is 19.0. The predicted octanol–water partition coefficient (Wildman–Crippen LogP) is 5.75. The molecule has 0 saturated carbocycles. The van der Waals surface area contributed by atoms with Gasteiger partial charge in [-0.1, -0.05) is 78.9 Å². The second-order valence-corrected chi connectivity index (χ2v) is 8.58. The van der Waals surface area contributed by atoms with Gasteiger partial charge in [-0.15, -0.1) is 11.3 Å². The molecule has 1 aliphatic heterocycles. The van der Waals surface area contributed by atoms with E-state index in [0.717, 1.165) is 24.6 Å². The van der Waals surface area contributed by atoms with Gasteiger partial charge in [-0.25, -0.2) is 4.98 Å². The molecule has 4 aromatic rings. The fourth-order valence-electron chi connectivity index (χ4n) is 4.37. The van der Waals surface area contributed by atoms with Crippen LogP contribution in [0.25, 0.3) is 0 Å². The minimum atomic E-state index is 0.289. The Hall–Kier alpha value is -2.95. The molecule has 0 N–H and O–H groups in total. The van der Waals surface area contributed by atoms with Crippen molar-refractivity contribution in [2.24, 2.45) is 0 Å². The zero-order valence-electron chi connectivity index (χ0n) is 16.8. The summed E-state index contributed by atoms with van der Waals surface area (Å²) in [6.07, 6.45) is 2.98. The molecule has 2 unspecified atom stereocenters. The van der Waals surface area contributed by atoms with Crippen molar-refractivity contribution in [2.75, 3.05) is 18.0 Å². The molecule has 1 saturated heterocycles. The maximum Gasteiger partial charge on any atom is 0.107 e. The zero-order chi connectivity index (χ0) is 20.2. The van der Waals surface area contributed by atoms with Crippen molar-refractivity contribution >= 4 is 17.0 Å². The minimum Gasteiger partial charge on any atom is -0.361 e. The Morgan fingerprint density at radius 1 is 0.767 bits per heavy atom. The van der Waals surface area contributed by atoms with Gasteiger partial charge in [0.25, 0.3) is 0 Å². The van der Waals surface area contributed by atoms with Crippen molar-refractivity contribution in [1.29, 1.82) is 0 Å². The highest BCUT2D eigenvalue weighted by Gasteiger charge is 2.35. The highest BCUT2D eigenvalue weighted by Crippen LogP contribution is 2.38. The molecule has 1 radical (unpaired) electrons. The van der Waals surface area contributed by atoms with Crippen molar-refractivity contribution in [3.8, 4) is 0 Å². The second kappa shape index (κ2) is 8.82. The van der Waals surface area contributed by atoms with Gasteiger partial charge in [0.15, 0.2) is 0 Å². The Morgan fingerprint density at radius 2 is 1.37 bits per heavy atom. The van der Waals surface area contributed by atoms with E-state index in [1.165, 1.54) is 16.8 Å². The standard InChI is InChI=1S/C26H24N3S/c1-4-10-21(11-5-1)24-19-29(23-14-8-3-9-15-23)25(22-12-6-2-7-13-22)18-28(24)20-26-27-16-17-30-26/h1-15,17,24-25H,18-20H2. The van der Waals surface area contributed by atoms with Crippen molar-refractivity contribution in [3.63, 3.8) is 0 Å². The average Bonchev–Trinajstić information content (AvgIpc) is 3.34. The van der Waals surface area contributed by atoms with Crippen LogP contribution in [0.3, 0.4) is 0 Å². The van der Waals surface area contributed by atoms with Gasteiger partial charge in [-0.05, 0) is 23.3 Å². The lowest BCUT2D eigenvalue weighted by Gasteiger charge is -2.47. The predicted molar refractivity (Wildman–Crippen MR) is 124 cm³/mol. The molecule has 0 amide bonds. The van der Waals surface area contributed by atoms with Gasteiger partial charge in [0, 0.05) is 24.2 Å². The number of hydrogen-bond acceptors (Lipinski definition) is 4. The zero-order valence-corrected chi connectivity index (χ0v) is 17.6. The van der Waals surface area contributed by atoms with Crippen LogP contribution in [0.4, 0.5) is 5.69 Å². The summed E-state index contributed by atoms with van der Waals surface area (Å²) >= 11 is 1.69. The van der Waals surface area contributed by atoms with E-state index in [2.05, 4.69) is 112 Å². The van der Waals surface area contributed by atoms with Crippen molar-refractivity contribution in [3.05, 3.63) is 119 Å². The van der Waals surface area contributed by atoms with Crippen LogP contribution in [0.1, 0.15) is 28.2 Å². The van der Waals surface area contributed by atoms with Crippen LogP contribution in [0.5, 0.6) is 0 Å². The lowest BCUT2D eigenvalue weighted by atomic mass is 9.94. The van der Waals surface area contributed by atoms with Crippen LogP contribution in [0.2, 0.25) is 0 Å². The SMILES string of the molecule is [c]1csc(CN2CC(c3ccccc3)N(c3ccccc3)CC2c2ccccc2)n1. The molecule has 30 heavy (non-hydrogen) atoms. The van der Waals surface area contributed by atoms with Crippen LogP contribution in [0.15, 0.2) is 96.4 Å². The summed E-state index contributed by atoms with van der Waals surface area (Å²) in [5.41, 5.74) is 3.98. The first-order valence-corrected chi connectivity index (χ1v) is 11.2. The number of piperazine rings is 1. The lowest BCUT2D eigenvalue weighted by Crippen LogP contribution is -2.50. The normalized spacial score (nSPS) is 19.7. The molecule has 3 aromatic carbocycles. The molecule has 2 heterocycles. The van der Waals surface area contributed by atoms with Gasteiger partial charge < -0.3 is 4.90 Å². The Balaban J connectivity index is 1.55. The van der Waals surface area contributed by atoms with Crippen LogP contribution >= 0.6 is 11.3 Å². The fourth-order valence-corrected chi connectivity index (χ4v) is 4.96. The molecule has 0 bridgehead atoms. The third kappa shape index (κ3) is 4.02. The molecule has 4 heteroatoms. The summed E-state index contributed by atoms with van der Waals surface area (Å²) in [6, 6.07) is 33.1. The van der Waals surface area contributed by atoms with E-state index in [4.69, 9.17) is 0 Å². The number of rotatable bonds is 5. The number of nitrogens with zero attached hydrogens (tertiary/aromatic N) is 3. The lowest BCUT2D eigenvalue weighted by molar-refractivity contribution is 0.142. The van der Waals surface area contributed by atoms with E-state index < -0.39 is 0 Å². The molecule has 3 nitrogen and oxygen atoms in total. The molecule has 0 spiro atoms. The van der Waals surface area contributed by atoms with Gasteiger partial charge in [0.2, 0.25) is 0 Å². The van der Waals surface area contributed by atoms with Crippen LogP contribution < -0.4 is 4.90 Å². The first-order valence-electron chi connectivity index (χ1n) is 10.3. The number of hydrogen-bond donors (Lipinski definition) is 0. The quantitative estimate of drug-likeness (QED) is 0.418. The van der Waals surface area contributed by atoms with Crippen molar-refractivity contribution in [2.45, 2.75) is 18.6 Å². The van der Waals surface area contributed by atoms with Crippen LogP contribution in [-0.2, 0) is 6.54 Å². The summed E-state index contributed by atoms with van der Waals surface area (Å²) in [6.45, 7) is 2.72. The third-order valence-electron chi connectivity index (χ3n) is 5.83. The number of benzene rings is 3. The molecule has 5 rings (SSSR count). The van der Waals surface area contributed by atoms with E-state index in [-0.39, 0.29) is 6.04 Å². The summed E-state index contributed by atoms with van der Waals surface area (Å²) in [7, 11) is 0. The van der Waals surface area contributed by atoms with Gasteiger partial charge in [-0.2, -0.15) is 0 Å². The molecule has 1 aromatic heterocycles. The van der Waals surface area contributed by atoms with Crippen molar-refractivity contribution in [1.82, 2.24) is 9.88 Å². The molecule has 1 fully saturated rings. The maximum atomic E-state index is 4.45. The van der Waals surface area contributed by atoms with E-state index in [1.54, 1.807) is 11.3 Å². The number of anilines is 1. The van der Waals surface area contributed by atoms with E-state index >= 15 is 0 Å². The second-order valence-electron chi connectivity index (χ2n) is 7.64. The summed E-state index contributed by atoms with van der Waals surface area (Å²) in [5.74, 6) is 0. The Morgan fingerprint density at radius 3 is 1.97 bits per heavy atom. The van der Waals surface area contributed by atoms with E-state index in [0.29, 0.717) is 6.04 Å². The Bertz CT molecular complexity index is 1040. The van der Waals surface area contributed by atoms with Gasteiger partial charge in [-0.3, -0.25) is 4.90 Å². The molecule has 0 aliphatic carbocycles. The summed E-state index contributed by atoms with van der Waals surface area (Å²) < 4.78 is 0. The monoisotopic (exact) mass is 410 g/mol. The topological polar surface area (TPSA) is 19.4 Å². The fraction of sp³-hybridized carbons (Fsp3) is 0.192. The maximum absolute atomic E-state index is 4.45. The van der Waals surface area contributed by atoms with Gasteiger partial charge >= 0.3 is 0 Å². The molecular formula is C26H24N3S. The Kier molecular flexibility index (Phi) is 5.60. The highest BCUT2D eigenvalue weighted by atomic mass is 32.1.